The average Bonchev–Trinajstić information content (AvgIpc) is 2.97. The highest BCUT2D eigenvalue weighted by Crippen LogP contribution is 2.25. The number of aromatic nitrogens is 3. The zero-order valence-corrected chi connectivity index (χ0v) is 11.1. The van der Waals surface area contributed by atoms with E-state index in [1.165, 1.54) is 25.7 Å². The molecular formula is C14H20N4. The van der Waals surface area contributed by atoms with Crippen LogP contribution in [0.15, 0.2) is 12.3 Å². The lowest BCUT2D eigenvalue weighted by Crippen LogP contribution is -2.11. The molecule has 18 heavy (non-hydrogen) atoms. The third kappa shape index (κ3) is 2.07. The van der Waals surface area contributed by atoms with E-state index in [9.17, 15) is 0 Å². The highest BCUT2D eigenvalue weighted by Gasteiger charge is 2.14. The number of hydrogen-bond acceptors (Lipinski definition) is 3. The molecule has 0 amide bonds. The Morgan fingerprint density at radius 1 is 1.39 bits per heavy atom. The molecule has 4 nitrogen and oxygen atoms in total. The quantitative estimate of drug-likeness (QED) is 0.902. The van der Waals surface area contributed by atoms with Gasteiger partial charge in [0.15, 0.2) is 5.65 Å². The van der Waals surface area contributed by atoms with Crippen LogP contribution < -0.4 is 5.32 Å². The summed E-state index contributed by atoms with van der Waals surface area (Å²) >= 11 is 0. The SMILES string of the molecule is Cc1nn(C)c2ncc(NCC3CCCC3)cc12. The Bertz CT molecular complexity index is 552. The molecule has 0 bridgehead atoms. The highest BCUT2D eigenvalue weighted by atomic mass is 15.3. The number of aryl methyl sites for hydroxylation is 2. The van der Waals surface area contributed by atoms with Crippen LogP contribution in [0, 0.1) is 12.8 Å². The van der Waals surface area contributed by atoms with E-state index in [2.05, 4.69) is 21.5 Å². The zero-order valence-electron chi connectivity index (χ0n) is 11.1. The molecule has 3 rings (SSSR count). The minimum Gasteiger partial charge on any atom is -0.384 e. The minimum atomic E-state index is 0.843. The van der Waals surface area contributed by atoms with Gasteiger partial charge in [-0.15, -0.1) is 0 Å². The lowest BCUT2D eigenvalue weighted by molar-refractivity contribution is 0.580. The van der Waals surface area contributed by atoms with Crippen molar-refractivity contribution in [2.75, 3.05) is 11.9 Å². The summed E-state index contributed by atoms with van der Waals surface area (Å²) in [6.07, 6.45) is 7.44. The van der Waals surface area contributed by atoms with E-state index < -0.39 is 0 Å². The molecule has 0 spiro atoms. The second-order valence-electron chi connectivity index (χ2n) is 5.34. The molecule has 0 unspecified atom stereocenters. The van der Waals surface area contributed by atoms with Crippen LogP contribution in [0.3, 0.4) is 0 Å². The fraction of sp³-hybridized carbons (Fsp3) is 0.571. The molecule has 2 heterocycles. The lowest BCUT2D eigenvalue weighted by Gasteiger charge is -2.11. The van der Waals surface area contributed by atoms with E-state index in [0.717, 1.165) is 34.9 Å². The van der Waals surface area contributed by atoms with E-state index in [0.29, 0.717) is 0 Å². The average molecular weight is 244 g/mol. The predicted octanol–water partition coefficient (Wildman–Crippen LogP) is 2.88. The van der Waals surface area contributed by atoms with E-state index in [1.54, 1.807) is 0 Å². The number of hydrogen-bond donors (Lipinski definition) is 1. The molecule has 1 aliphatic carbocycles. The van der Waals surface area contributed by atoms with Crippen molar-refractivity contribution in [1.82, 2.24) is 14.8 Å². The van der Waals surface area contributed by atoms with Crippen LogP contribution in [0.1, 0.15) is 31.4 Å². The van der Waals surface area contributed by atoms with E-state index in [1.807, 2.05) is 24.9 Å². The van der Waals surface area contributed by atoms with Crippen molar-refractivity contribution < 1.29 is 0 Å². The third-order valence-corrected chi connectivity index (χ3v) is 3.93. The maximum Gasteiger partial charge on any atom is 0.157 e. The molecule has 1 saturated carbocycles. The van der Waals surface area contributed by atoms with Crippen molar-refractivity contribution in [2.24, 2.45) is 13.0 Å². The smallest absolute Gasteiger partial charge is 0.157 e. The van der Waals surface area contributed by atoms with Gasteiger partial charge in [0, 0.05) is 19.0 Å². The van der Waals surface area contributed by atoms with Crippen molar-refractivity contribution in [3.63, 3.8) is 0 Å². The minimum absolute atomic E-state index is 0.843. The van der Waals surface area contributed by atoms with E-state index >= 15 is 0 Å². The van der Waals surface area contributed by atoms with Gasteiger partial charge in [-0.3, -0.25) is 4.68 Å². The molecule has 1 N–H and O–H groups in total. The molecule has 1 aliphatic rings. The Labute approximate surface area is 107 Å². The van der Waals surface area contributed by atoms with Crippen LogP contribution in [-0.2, 0) is 7.05 Å². The van der Waals surface area contributed by atoms with Gasteiger partial charge in [0.05, 0.1) is 17.6 Å². The van der Waals surface area contributed by atoms with Gasteiger partial charge in [0.1, 0.15) is 0 Å². The summed E-state index contributed by atoms with van der Waals surface area (Å²) < 4.78 is 1.84. The largest absolute Gasteiger partial charge is 0.384 e. The molecular weight excluding hydrogens is 224 g/mol. The normalized spacial score (nSPS) is 16.6. The van der Waals surface area contributed by atoms with Crippen LogP contribution in [0.2, 0.25) is 0 Å². The standard InChI is InChI=1S/C14H20N4/c1-10-13-7-12(9-16-14(13)18(2)17-10)15-8-11-5-3-4-6-11/h7,9,11,15H,3-6,8H2,1-2H3. The molecule has 1 fully saturated rings. The van der Waals surface area contributed by atoms with Crippen molar-refractivity contribution in [3.05, 3.63) is 18.0 Å². The van der Waals surface area contributed by atoms with Crippen LogP contribution in [0.4, 0.5) is 5.69 Å². The summed E-state index contributed by atoms with van der Waals surface area (Å²) in [6, 6.07) is 2.17. The van der Waals surface area contributed by atoms with Gasteiger partial charge in [-0.05, 0) is 31.7 Å². The zero-order chi connectivity index (χ0) is 12.5. The first-order chi connectivity index (χ1) is 8.74. The maximum atomic E-state index is 4.48. The Balaban J connectivity index is 1.78. The van der Waals surface area contributed by atoms with Crippen LogP contribution in [0.25, 0.3) is 11.0 Å². The van der Waals surface area contributed by atoms with E-state index in [-0.39, 0.29) is 0 Å². The van der Waals surface area contributed by atoms with Gasteiger partial charge in [-0.25, -0.2) is 4.98 Å². The number of rotatable bonds is 3. The fourth-order valence-corrected chi connectivity index (χ4v) is 2.88. The molecule has 0 atom stereocenters. The summed E-state index contributed by atoms with van der Waals surface area (Å²) in [5.74, 6) is 0.843. The number of pyridine rings is 1. The third-order valence-electron chi connectivity index (χ3n) is 3.93. The first-order valence-electron chi connectivity index (χ1n) is 6.77. The van der Waals surface area contributed by atoms with Crippen molar-refractivity contribution in [3.8, 4) is 0 Å². The summed E-state index contributed by atoms with van der Waals surface area (Å²) in [6.45, 7) is 3.11. The summed E-state index contributed by atoms with van der Waals surface area (Å²) in [5.41, 5.74) is 3.12. The van der Waals surface area contributed by atoms with Crippen LogP contribution in [-0.4, -0.2) is 21.3 Å². The molecule has 0 aromatic carbocycles. The molecule has 2 aromatic rings. The van der Waals surface area contributed by atoms with Gasteiger partial charge < -0.3 is 5.32 Å². The van der Waals surface area contributed by atoms with Crippen molar-refractivity contribution >= 4 is 16.7 Å². The van der Waals surface area contributed by atoms with Gasteiger partial charge >= 0.3 is 0 Å². The second kappa shape index (κ2) is 4.59. The van der Waals surface area contributed by atoms with Gasteiger partial charge in [0.2, 0.25) is 0 Å². The van der Waals surface area contributed by atoms with Gasteiger partial charge in [0.25, 0.3) is 0 Å². The fourth-order valence-electron chi connectivity index (χ4n) is 2.88. The van der Waals surface area contributed by atoms with Crippen LogP contribution in [0.5, 0.6) is 0 Å². The molecule has 0 radical (unpaired) electrons. The van der Waals surface area contributed by atoms with Crippen molar-refractivity contribution in [2.45, 2.75) is 32.6 Å². The Hall–Kier alpha value is -1.58. The number of fused-ring (bicyclic) bond motifs is 1. The van der Waals surface area contributed by atoms with Crippen LogP contribution >= 0.6 is 0 Å². The lowest BCUT2D eigenvalue weighted by atomic mass is 10.1. The first-order valence-corrected chi connectivity index (χ1v) is 6.77. The topological polar surface area (TPSA) is 42.7 Å². The highest BCUT2D eigenvalue weighted by molar-refractivity contribution is 5.81. The maximum absolute atomic E-state index is 4.48. The molecule has 0 saturated heterocycles. The number of nitrogens with one attached hydrogen (secondary N) is 1. The molecule has 4 heteroatoms. The second-order valence-corrected chi connectivity index (χ2v) is 5.34. The Morgan fingerprint density at radius 3 is 2.94 bits per heavy atom. The summed E-state index contributed by atoms with van der Waals surface area (Å²) in [7, 11) is 1.94. The molecule has 0 aliphatic heterocycles. The summed E-state index contributed by atoms with van der Waals surface area (Å²) in [4.78, 5) is 4.48. The Kier molecular flexibility index (Phi) is 2.94. The monoisotopic (exact) mass is 244 g/mol. The molecule has 96 valence electrons. The molecule has 2 aromatic heterocycles. The number of nitrogens with zero attached hydrogens (tertiary/aromatic N) is 3. The predicted molar refractivity (Wildman–Crippen MR) is 73.7 cm³/mol. The summed E-state index contributed by atoms with van der Waals surface area (Å²) in [5, 5.41) is 9.06. The van der Waals surface area contributed by atoms with E-state index in [4.69, 9.17) is 0 Å². The Morgan fingerprint density at radius 2 is 2.17 bits per heavy atom. The van der Waals surface area contributed by atoms with Gasteiger partial charge in [-0.2, -0.15) is 5.10 Å². The first kappa shape index (κ1) is 11.5. The number of anilines is 1. The van der Waals surface area contributed by atoms with Gasteiger partial charge in [-0.1, -0.05) is 12.8 Å². The van der Waals surface area contributed by atoms with Crippen molar-refractivity contribution in [1.29, 1.82) is 0 Å².